The first-order valence-corrected chi connectivity index (χ1v) is 9.66. The molecule has 2 aromatic carbocycles. The van der Waals surface area contributed by atoms with E-state index in [4.69, 9.17) is 9.84 Å². The fourth-order valence-corrected chi connectivity index (χ4v) is 4.18. The lowest BCUT2D eigenvalue weighted by Gasteiger charge is -2.31. The van der Waals surface area contributed by atoms with Crippen LogP contribution in [0.3, 0.4) is 0 Å². The summed E-state index contributed by atoms with van der Waals surface area (Å²) in [7, 11) is 0. The second kappa shape index (κ2) is 7.95. The standard InChI is InChI=1S/C22H22N2O5/c25-20(26)12-24-11-5-10-19(21(24)27)23-22(28)29-13-18-16-8-3-1-6-14(16)15-7-2-4-9-17(15)18/h1-4,6-9,18-19H,5,10-13H2,(H,23,28)(H,25,26). The predicted octanol–water partition coefficient (Wildman–Crippen LogP) is 2.60. The van der Waals surface area contributed by atoms with Crippen molar-refractivity contribution < 1.29 is 24.2 Å². The number of likely N-dealkylation sites (tertiary alicyclic amines) is 1. The van der Waals surface area contributed by atoms with E-state index < -0.39 is 18.1 Å². The summed E-state index contributed by atoms with van der Waals surface area (Å²) in [4.78, 5) is 36.9. The average molecular weight is 394 g/mol. The zero-order chi connectivity index (χ0) is 20.4. The molecule has 0 radical (unpaired) electrons. The third-order valence-corrected chi connectivity index (χ3v) is 5.49. The summed E-state index contributed by atoms with van der Waals surface area (Å²) in [5, 5.41) is 11.5. The maximum absolute atomic E-state index is 12.4. The van der Waals surface area contributed by atoms with Crippen molar-refractivity contribution in [3.8, 4) is 11.1 Å². The van der Waals surface area contributed by atoms with Gasteiger partial charge in [0.2, 0.25) is 5.91 Å². The normalized spacial score (nSPS) is 18.1. The zero-order valence-corrected chi connectivity index (χ0v) is 15.8. The largest absolute Gasteiger partial charge is 0.480 e. The summed E-state index contributed by atoms with van der Waals surface area (Å²) < 4.78 is 5.47. The molecule has 29 heavy (non-hydrogen) atoms. The number of hydrogen-bond acceptors (Lipinski definition) is 4. The van der Waals surface area contributed by atoms with Crippen LogP contribution in [0.4, 0.5) is 4.79 Å². The van der Waals surface area contributed by atoms with Crippen LogP contribution in [0, 0.1) is 0 Å². The Bertz CT molecular complexity index is 912. The number of ether oxygens (including phenoxy) is 1. The molecule has 0 bridgehead atoms. The number of nitrogens with one attached hydrogen (secondary N) is 1. The number of carboxylic acid groups (broad SMARTS) is 1. The molecule has 1 aliphatic carbocycles. The fourth-order valence-electron chi connectivity index (χ4n) is 4.18. The van der Waals surface area contributed by atoms with Crippen molar-refractivity contribution >= 4 is 18.0 Å². The molecule has 7 heteroatoms. The predicted molar refractivity (Wildman–Crippen MR) is 105 cm³/mol. The Morgan fingerprint density at radius 2 is 1.69 bits per heavy atom. The minimum absolute atomic E-state index is 0.0567. The zero-order valence-electron chi connectivity index (χ0n) is 15.8. The van der Waals surface area contributed by atoms with E-state index in [0.29, 0.717) is 19.4 Å². The molecule has 0 saturated carbocycles. The SMILES string of the molecule is O=C(O)CN1CCCC(NC(=O)OCC2c3ccccc3-c3ccccc32)C1=O. The molecule has 4 rings (SSSR count). The van der Waals surface area contributed by atoms with Gasteiger partial charge >= 0.3 is 12.1 Å². The summed E-state index contributed by atoms with van der Waals surface area (Å²) in [5.74, 6) is -1.51. The van der Waals surface area contributed by atoms with Crippen molar-refractivity contribution in [1.82, 2.24) is 10.2 Å². The number of aliphatic carboxylic acids is 1. The van der Waals surface area contributed by atoms with Crippen LogP contribution in [-0.4, -0.2) is 53.7 Å². The van der Waals surface area contributed by atoms with E-state index in [0.717, 1.165) is 22.3 Å². The van der Waals surface area contributed by atoms with Gasteiger partial charge in [-0.1, -0.05) is 48.5 Å². The Morgan fingerprint density at radius 3 is 2.31 bits per heavy atom. The van der Waals surface area contributed by atoms with Crippen LogP contribution in [0.1, 0.15) is 29.9 Å². The molecule has 150 valence electrons. The second-order valence-electron chi connectivity index (χ2n) is 7.32. The maximum Gasteiger partial charge on any atom is 0.407 e. The van der Waals surface area contributed by atoms with E-state index in [2.05, 4.69) is 17.4 Å². The lowest BCUT2D eigenvalue weighted by molar-refractivity contribution is -0.146. The molecule has 1 fully saturated rings. The van der Waals surface area contributed by atoms with Gasteiger partial charge in [-0.05, 0) is 35.1 Å². The van der Waals surface area contributed by atoms with Gasteiger partial charge in [0.25, 0.3) is 0 Å². The van der Waals surface area contributed by atoms with E-state index >= 15 is 0 Å². The number of nitrogens with zero attached hydrogens (tertiary/aromatic N) is 1. The number of carbonyl (C=O) groups excluding carboxylic acids is 2. The van der Waals surface area contributed by atoms with Crippen LogP contribution in [0.2, 0.25) is 0 Å². The Morgan fingerprint density at radius 1 is 1.07 bits per heavy atom. The van der Waals surface area contributed by atoms with Gasteiger partial charge in [-0.15, -0.1) is 0 Å². The molecule has 1 unspecified atom stereocenters. The molecular formula is C22H22N2O5. The van der Waals surface area contributed by atoms with Crippen LogP contribution in [0.15, 0.2) is 48.5 Å². The number of piperidine rings is 1. The molecule has 2 N–H and O–H groups in total. The Labute approximate surface area is 168 Å². The molecular weight excluding hydrogens is 372 g/mol. The summed E-state index contributed by atoms with van der Waals surface area (Å²) in [6.07, 6.45) is 0.439. The summed E-state index contributed by atoms with van der Waals surface area (Å²) >= 11 is 0. The van der Waals surface area contributed by atoms with Crippen LogP contribution in [0.5, 0.6) is 0 Å². The van der Waals surface area contributed by atoms with Gasteiger partial charge in [-0.25, -0.2) is 4.79 Å². The first-order valence-electron chi connectivity index (χ1n) is 9.66. The van der Waals surface area contributed by atoms with Crippen molar-refractivity contribution in [3.05, 3.63) is 59.7 Å². The Hall–Kier alpha value is -3.35. The average Bonchev–Trinajstić information content (AvgIpc) is 3.03. The smallest absolute Gasteiger partial charge is 0.407 e. The van der Waals surface area contributed by atoms with Crippen molar-refractivity contribution in [1.29, 1.82) is 0 Å². The van der Waals surface area contributed by atoms with Gasteiger partial charge < -0.3 is 20.1 Å². The molecule has 1 aliphatic heterocycles. The number of amides is 2. The van der Waals surface area contributed by atoms with Gasteiger partial charge in [0.05, 0.1) is 0 Å². The number of fused-ring (bicyclic) bond motifs is 3. The van der Waals surface area contributed by atoms with E-state index in [1.54, 1.807) is 0 Å². The minimum Gasteiger partial charge on any atom is -0.480 e. The second-order valence-corrected chi connectivity index (χ2v) is 7.32. The van der Waals surface area contributed by atoms with Crippen LogP contribution in [-0.2, 0) is 14.3 Å². The number of rotatable bonds is 5. The first-order chi connectivity index (χ1) is 14.0. The number of carbonyl (C=O) groups is 3. The molecule has 2 aliphatic rings. The van der Waals surface area contributed by atoms with E-state index in [9.17, 15) is 14.4 Å². The molecule has 7 nitrogen and oxygen atoms in total. The lowest BCUT2D eigenvalue weighted by Crippen LogP contribution is -2.53. The highest BCUT2D eigenvalue weighted by Gasteiger charge is 2.32. The quantitative estimate of drug-likeness (QED) is 0.813. The van der Waals surface area contributed by atoms with E-state index in [1.807, 2.05) is 36.4 Å². The van der Waals surface area contributed by atoms with Gasteiger partial charge in [0.1, 0.15) is 19.2 Å². The number of carboxylic acids is 1. The number of hydrogen-bond donors (Lipinski definition) is 2. The molecule has 2 aromatic rings. The Kier molecular flexibility index (Phi) is 5.20. The monoisotopic (exact) mass is 394 g/mol. The highest BCUT2D eigenvalue weighted by molar-refractivity contribution is 5.88. The molecule has 1 atom stereocenters. The van der Waals surface area contributed by atoms with Crippen LogP contribution in [0.25, 0.3) is 11.1 Å². The van der Waals surface area contributed by atoms with Gasteiger partial charge in [-0.2, -0.15) is 0 Å². The van der Waals surface area contributed by atoms with Crippen molar-refractivity contribution in [2.45, 2.75) is 24.8 Å². The van der Waals surface area contributed by atoms with E-state index in [1.165, 1.54) is 4.90 Å². The topological polar surface area (TPSA) is 95.9 Å². The van der Waals surface area contributed by atoms with Gasteiger partial charge in [-0.3, -0.25) is 9.59 Å². The van der Waals surface area contributed by atoms with Crippen molar-refractivity contribution in [3.63, 3.8) is 0 Å². The summed E-state index contributed by atoms with van der Waals surface area (Å²) in [6.45, 7) is 0.190. The molecule has 0 spiro atoms. The summed E-state index contributed by atoms with van der Waals surface area (Å²) in [5.41, 5.74) is 4.51. The highest BCUT2D eigenvalue weighted by Crippen LogP contribution is 2.44. The van der Waals surface area contributed by atoms with Gasteiger partial charge in [0, 0.05) is 12.5 Å². The molecule has 2 amide bonds. The van der Waals surface area contributed by atoms with E-state index in [-0.39, 0.29) is 25.0 Å². The molecule has 1 heterocycles. The fraction of sp³-hybridized carbons (Fsp3) is 0.318. The maximum atomic E-state index is 12.4. The highest BCUT2D eigenvalue weighted by atomic mass is 16.5. The third-order valence-electron chi connectivity index (χ3n) is 5.49. The minimum atomic E-state index is -1.07. The third kappa shape index (κ3) is 3.81. The number of alkyl carbamates (subject to hydrolysis) is 1. The number of benzene rings is 2. The van der Waals surface area contributed by atoms with Gasteiger partial charge in [0.15, 0.2) is 0 Å². The summed E-state index contributed by atoms with van der Waals surface area (Å²) in [6, 6.07) is 15.4. The van der Waals surface area contributed by atoms with Crippen molar-refractivity contribution in [2.75, 3.05) is 19.7 Å². The first kappa shape index (κ1) is 19.0. The Balaban J connectivity index is 1.40. The lowest BCUT2D eigenvalue weighted by atomic mass is 9.98. The van der Waals surface area contributed by atoms with Crippen molar-refractivity contribution in [2.24, 2.45) is 0 Å². The molecule has 1 saturated heterocycles. The molecule has 0 aromatic heterocycles. The van der Waals surface area contributed by atoms with Crippen LogP contribution < -0.4 is 5.32 Å². The van der Waals surface area contributed by atoms with Crippen LogP contribution >= 0.6 is 0 Å².